The highest BCUT2D eigenvalue weighted by Crippen LogP contribution is 2.42. The van der Waals surface area contributed by atoms with E-state index in [1.807, 2.05) is 0 Å². The number of hydrogen-bond acceptors (Lipinski definition) is 2. The molecule has 0 aromatic heterocycles. The minimum absolute atomic E-state index is 0.361. The lowest BCUT2D eigenvalue weighted by Gasteiger charge is -2.36. The van der Waals surface area contributed by atoms with Gasteiger partial charge in [0.25, 0.3) is 0 Å². The van der Waals surface area contributed by atoms with E-state index in [4.69, 9.17) is 5.73 Å². The quantitative estimate of drug-likeness (QED) is 0.916. The Labute approximate surface area is 121 Å². The van der Waals surface area contributed by atoms with Crippen LogP contribution >= 0.6 is 0 Å². The molecule has 2 fully saturated rings. The summed E-state index contributed by atoms with van der Waals surface area (Å²) < 4.78 is 12.4. The lowest BCUT2D eigenvalue weighted by molar-refractivity contribution is 0.161. The molecule has 2 saturated heterocycles. The lowest BCUT2D eigenvalue weighted by Crippen LogP contribution is -2.39. The van der Waals surface area contributed by atoms with Gasteiger partial charge in [0.2, 0.25) is 0 Å². The summed E-state index contributed by atoms with van der Waals surface area (Å²) in [5.41, 5.74) is 8.26. The average molecular weight is 276 g/mol. The first kappa shape index (κ1) is 14.0. The minimum Gasteiger partial charge on any atom is -0.325 e. The molecule has 2 heterocycles. The van der Waals surface area contributed by atoms with Gasteiger partial charge in [-0.3, -0.25) is 0 Å². The highest BCUT2D eigenvalue weighted by Gasteiger charge is 2.38. The molecular formula is C17H25FN2. The molecular weight excluding hydrogens is 251 g/mol. The van der Waals surface area contributed by atoms with Gasteiger partial charge in [-0.25, -0.2) is 4.39 Å². The Morgan fingerprint density at radius 2 is 1.80 bits per heavy atom. The molecule has 2 unspecified atom stereocenters. The van der Waals surface area contributed by atoms with E-state index < -0.39 is 6.67 Å². The van der Waals surface area contributed by atoms with Crippen molar-refractivity contribution in [3.63, 3.8) is 0 Å². The summed E-state index contributed by atoms with van der Waals surface area (Å²) in [5, 5.41) is 0. The van der Waals surface area contributed by atoms with E-state index in [0.29, 0.717) is 12.3 Å². The van der Waals surface area contributed by atoms with Crippen molar-refractivity contribution >= 4 is 0 Å². The van der Waals surface area contributed by atoms with Crippen molar-refractivity contribution < 1.29 is 4.39 Å². The number of nitrogens with zero attached hydrogens (tertiary/aromatic N) is 1. The van der Waals surface area contributed by atoms with E-state index in [9.17, 15) is 4.39 Å². The third-order valence-corrected chi connectivity index (χ3v) is 5.25. The van der Waals surface area contributed by atoms with E-state index >= 15 is 0 Å². The molecule has 0 amide bonds. The van der Waals surface area contributed by atoms with Gasteiger partial charge in [0.1, 0.15) is 6.67 Å². The maximum atomic E-state index is 12.4. The zero-order chi connectivity index (χ0) is 14.1. The normalized spacial score (nSPS) is 31.4. The Morgan fingerprint density at radius 3 is 2.35 bits per heavy atom. The van der Waals surface area contributed by atoms with Crippen LogP contribution < -0.4 is 5.73 Å². The SMILES string of the molecule is CN1C2CCC1CC(c1ccc(C[C@H](N)CF)cc1)C2. The predicted octanol–water partition coefficient (Wildman–Crippen LogP) is 2.87. The first-order valence-electron chi connectivity index (χ1n) is 7.79. The van der Waals surface area contributed by atoms with Crippen molar-refractivity contribution in [2.75, 3.05) is 13.7 Å². The Hall–Kier alpha value is -0.930. The molecule has 2 aliphatic heterocycles. The number of benzene rings is 1. The standard InChI is InChI=1S/C17H25FN2/c1-20-16-6-7-17(20)10-14(9-16)13-4-2-12(3-5-13)8-15(19)11-18/h2-5,14-17H,6-11,19H2,1H3/t14?,15-,16?,17?/m0/s1. The van der Waals surface area contributed by atoms with Crippen LogP contribution in [0, 0.1) is 0 Å². The molecule has 1 aromatic carbocycles. The Morgan fingerprint density at radius 1 is 1.20 bits per heavy atom. The molecule has 1 aromatic rings. The summed E-state index contributed by atoms with van der Waals surface area (Å²) in [5.74, 6) is 0.701. The molecule has 2 N–H and O–H groups in total. The molecule has 20 heavy (non-hydrogen) atoms. The van der Waals surface area contributed by atoms with Gasteiger partial charge in [0.05, 0.1) is 0 Å². The van der Waals surface area contributed by atoms with Crippen LogP contribution in [0.2, 0.25) is 0 Å². The van der Waals surface area contributed by atoms with Crippen LogP contribution in [0.25, 0.3) is 0 Å². The zero-order valence-corrected chi connectivity index (χ0v) is 12.3. The van der Waals surface area contributed by atoms with Crippen LogP contribution in [0.5, 0.6) is 0 Å². The number of fused-ring (bicyclic) bond motifs is 2. The van der Waals surface area contributed by atoms with Gasteiger partial charge in [-0.1, -0.05) is 24.3 Å². The van der Waals surface area contributed by atoms with Gasteiger partial charge in [-0.05, 0) is 56.2 Å². The van der Waals surface area contributed by atoms with Gasteiger partial charge in [0.15, 0.2) is 0 Å². The number of piperidine rings is 1. The Bertz CT molecular complexity index is 431. The average Bonchev–Trinajstić information content (AvgIpc) is 2.68. The lowest BCUT2D eigenvalue weighted by atomic mass is 9.85. The number of rotatable bonds is 4. The maximum absolute atomic E-state index is 12.4. The van der Waals surface area contributed by atoms with E-state index in [1.165, 1.54) is 31.2 Å². The van der Waals surface area contributed by atoms with Crippen LogP contribution in [-0.4, -0.2) is 36.7 Å². The smallest absolute Gasteiger partial charge is 0.105 e. The summed E-state index contributed by atoms with van der Waals surface area (Å²) in [6, 6.07) is 9.92. The summed E-state index contributed by atoms with van der Waals surface area (Å²) in [4.78, 5) is 2.57. The largest absolute Gasteiger partial charge is 0.325 e. The summed E-state index contributed by atoms with van der Waals surface area (Å²) in [7, 11) is 2.28. The second-order valence-electron chi connectivity index (χ2n) is 6.58. The second kappa shape index (κ2) is 5.82. The fourth-order valence-corrected chi connectivity index (χ4v) is 3.97. The van der Waals surface area contributed by atoms with E-state index in [1.54, 1.807) is 0 Å². The van der Waals surface area contributed by atoms with Crippen LogP contribution in [0.15, 0.2) is 24.3 Å². The van der Waals surface area contributed by atoms with Gasteiger partial charge in [-0.15, -0.1) is 0 Å². The molecule has 0 saturated carbocycles. The Balaban J connectivity index is 1.66. The predicted molar refractivity (Wildman–Crippen MR) is 80.6 cm³/mol. The third kappa shape index (κ3) is 2.75. The number of alkyl halides is 1. The highest BCUT2D eigenvalue weighted by atomic mass is 19.1. The van der Waals surface area contributed by atoms with E-state index in [-0.39, 0.29) is 6.04 Å². The highest BCUT2D eigenvalue weighted by molar-refractivity contribution is 5.27. The van der Waals surface area contributed by atoms with Crippen LogP contribution in [0.4, 0.5) is 4.39 Å². The van der Waals surface area contributed by atoms with Crippen LogP contribution in [0.1, 0.15) is 42.7 Å². The monoisotopic (exact) mass is 276 g/mol. The zero-order valence-electron chi connectivity index (χ0n) is 12.3. The molecule has 0 radical (unpaired) electrons. The molecule has 110 valence electrons. The van der Waals surface area contributed by atoms with Gasteiger partial charge < -0.3 is 10.6 Å². The second-order valence-corrected chi connectivity index (χ2v) is 6.58. The first-order valence-corrected chi connectivity index (χ1v) is 7.79. The van der Waals surface area contributed by atoms with Crippen molar-refractivity contribution in [3.05, 3.63) is 35.4 Å². The summed E-state index contributed by atoms with van der Waals surface area (Å²) in [6.07, 6.45) is 5.93. The fraction of sp³-hybridized carbons (Fsp3) is 0.647. The van der Waals surface area contributed by atoms with Gasteiger partial charge in [-0.2, -0.15) is 0 Å². The van der Waals surface area contributed by atoms with Crippen molar-refractivity contribution in [3.8, 4) is 0 Å². The number of nitrogens with two attached hydrogens (primary N) is 1. The van der Waals surface area contributed by atoms with Crippen LogP contribution in [0.3, 0.4) is 0 Å². The maximum Gasteiger partial charge on any atom is 0.105 e. The number of hydrogen-bond donors (Lipinski definition) is 1. The topological polar surface area (TPSA) is 29.3 Å². The van der Waals surface area contributed by atoms with Crippen LogP contribution in [-0.2, 0) is 6.42 Å². The molecule has 0 spiro atoms. The molecule has 3 rings (SSSR count). The van der Waals surface area contributed by atoms with E-state index in [0.717, 1.165) is 17.6 Å². The summed E-state index contributed by atoms with van der Waals surface area (Å²) >= 11 is 0. The molecule has 2 aliphatic rings. The minimum atomic E-state index is -0.444. The molecule has 2 bridgehead atoms. The molecule has 2 nitrogen and oxygen atoms in total. The van der Waals surface area contributed by atoms with Gasteiger partial charge >= 0.3 is 0 Å². The van der Waals surface area contributed by atoms with Crippen molar-refractivity contribution in [1.82, 2.24) is 4.90 Å². The first-order chi connectivity index (χ1) is 9.67. The van der Waals surface area contributed by atoms with Crippen molar-refractivity contribution in [1.29, 1.82) is 0 Å². The van der Waals surface area contributed by atoms with Crippen molar-refractivity contribution in [2.45, 2.75) is 56.1 Å². The Kier molecular flexibility index (Phi) is 4.08. The third-order valence-electron chi connectivity index (χ3n) is 5.25. The summed E-state index contributed by atoms with van der Waals surface area (Å²) in [6.45, 7) is -0.444. The van der Waals surface area contributed by atoms with Crippen molar-refractivity contribution in [2.24, 2.45) is 5.73 Å². The number of halogens is 1. The molecule has 0 aliphatic carbocycles. The van der Waals surface area contributed by atoms with Gasteiger partial charge in [0, 0.05) is 18.1 Å². The molecule has 3 atom stereocenters. The molecule has 3 heteroatoms. The van der Waals surface area contributed by atoms with E-state index in [2.05, 4.69) is 36.2 Å². The fourth-order valence-electron chi connectivity index (χ4n) is 3.97.